The van der Waals surface area contributed by atoms with E-state index < -0.39 is 10.0 Å². The van der Waals surface area contributed by atoms with Crippen molar-refractivity contribution in [1.82, 2.24) is 20.2 Å². The lowest BCUT2D eigenvalue weighted by Gasteiger charge is -2.05. The third-order valence-corrected chi connectivity index (χ3v) is 3.76. The van der Waals surface area contributed by atoms with E-state index in [0.717, 1.165) is 10.9 Å². The fourth-order valence-electron chi connectivity index (χ4n) is 1.61. The second kappa shape index (κ2) is 3.84. The highest BCUT2D eigenvalue weighted by Gasteiger charge is 2.15. The standard InChI is InChI=1S/C10H9N5O2S/c16-18(17,10-5-11-6-12-10)15-8-1-2-9-7(3-8)4-13-14-9/h1-6,15H,(H,11,12)(H,13,14). The minimum atomic E-state index is -3.62. The van der Waals surface area contributed by atoms with Gasteiger partial charge in [-0.1, -0.05) is 0 Å². The molecule has 0 amide bonds. The number of rotatable bonds is 3. The van der Waals surface area contributed by atoms with Gasteiger partial charge in [0.15, 0.2) is 5.03 Å². The summed E-state index contributed by atoms with van der Waals surface area (Å²) >= 11 is 0. The van der Waals surface area contributed by atoms with Crippen molar-refractivity contribution >= 4 is 26.6 Å². The number of benzene rings is 1. The molecule has 2 heterocycles. The van der Waals surface area contributed by atoms with Gasteiger partial charge >= 0.3 is 0 Å². The first-order valence-corrected chi connectivity index (χ1v) is 6.58. The van der Waals surface area contributed by atoms with Crippen molar-refractivity contribution in [1.29, 1.82) is 0 Å². The summed E-state index contributed by atoms with van der Waals surface area (Å²) in [5.41, 5.74) is 1.32. The van der Waals surface area contributed by atoms with Crippen molar-refractivity contribution < 1.29 is 8.42 Å². The molecule has 2 aromatic heterocycles. The van der Waals surface area contributed by atoms with E-state index in [1.807, 2.05) is 0 Å². The molecule has 0 atom stereocenters. The van der Waals surface area contributed by atoms with Gasteiger partial charge in [-0.25, -0.2) is 4.98 Å². The van der Waals surface area contributed by atoms with Crippen molar-refractivity contribution in [2.24, 2.45) is 0 Å². The maximum atomic E-state index is 11.9. The third kappa shape index (κ3) is 1.82. The van der Waals surface area contributed by atoms with E-state index in [1.165, 1.54) is 12.5 Å². The average molecular weight is 263 g/mol. The van der Waals surface area contributed by atoms with Crippen LogP contribution < -0.4 is 4.72 Å². The first-order valence-electron chi connectivity index (χ1n) is 5.09. The molecule has 3 N–H and O–H groups in total. The van der Waals surface area contributed by atoms with Crippen LogP contribution in [0.4, 0.5) is 5.69 Å². The topological polar surface area (TPSA) is 104 Å². The minimum Gasteiger partial charge on any atom is -0.334 e. The quantitative estimate of drug-likeness (QED) is 0.658. The number of hydrogen-bond donors (Lipinski definition) is 3. The van der Waals surface area contributed by atoms with Gasteiger partial charge in [0.25, 0.3) is 10.0 Å². The molecule has 8 heteroatoms. The number of hydrogen-bond acceptors (Lipinski definition) is 4. The summed E-state index contributed by atoms with van der Waals surface area (Å²) in [6.45, 7) is 0. The number of imidazole rings is 1. The van der Waals surface area contributed by atoms with Crippen molar-refractivity contribution in [2.45, 2.75) is 5.03 Å². The van der Waals surface area contributed by atoms with E-state index in [9.17, 15) is 8.42 Å². The Morgan fingerprint density at radius 1 is 1.22 bits per heavy atom. The van der Waals surface area contributed by atoms with Gasteiger partial charge < -0.3 is 4.98 Å². The molecule has 0 aliphatic carbocycles. The zero-order valence-corrected chi connectivity index (χ0v) is 9.90. The van der Waals surface area contributed by atoms with Crippen molar-refractivity contribution in [2.75, 3.05) is 4.72 Å². The molecule has 3 rings (SSSR count). The van der Waals surface area contributed by atoms with E-state index in [-0.39, 0.29) is 5.03 Å². The van der Waals surface area contributed by atoms with E-state index in [4.69, 9.17) is 0 Å². The second-order valence-electron chi connectivity index (χ2n) is 3.69. The first-order chi connectivity index (χ1) is 8.65. The van der Waals surface area contributed by atoms with Crippen LogP contribution in [0, 0.1) is 0 Å². The van der Waals surface area contributed by atoms with Crippen LogP contribution in [-0.4, -0.2) is 28.6 Å². The van der Waals surface area contributed by atoms with Crippen LogP contribution in [-0.2, 0) is 10.0 Å². The van der Waals surface area contributed by atoms with Gasteiger partial charge in [-0.05, 0) is 18.2 Å². The van der Waals surface area contributed by atoms with E-state index in [1.54, 1.807) is 24.4 Å². The molecule has 0 fully saturated rings. The van der Waals surface area contributed by atoms with Crippen LogP contribution in [0.3, 0.4) is 0 Å². The summed E-state index contributed by atoms with van der Waals surface area (Å²) in [7, 11) is -3.62. The lowest BCUT2D eigenvalue weighted by atomic mass is 10.2. The van der Waals surface area contributed by atoms with Gasteiger partial charge in [-0.2, -0.15) is 13.5 Å². The summed E-state index contributed by atoms with van der Waals surface area (Å²) in [5, 5.41) is 7.52. The largest absolute Gasteiger partial charge is 0.334 e. The number of aromatic amines is 2. The Labute approximate surface area is 102 Å². The first kappa shape index (κ1) is 10.8. The highest BCUT2D eigenvalue weighted by Crippen LogP contribution is 2.19. The normalized spacial score (nSPS) is 11.8. The highest BCUT2D eigenvalue weighted by atomic mass is 32.2. The fraction of sp³-hybridized carbons (Fsp3) is 0. The average Bonchev–Trinajstić information content (AvgIpc) is 2.99. The molecular weight excluding hydrogens is 254 g/mol. The van der Waals surface area contributed by atoms with Crippen LogP contribution in [0.15, 0.2) is 41.9 Å². The van der Waals surface area contributed by atoms with Gasteiger partial charge in [0.2, 0.25) is 0 Å². The lowest BCUT2D eigenvalue weighted by Crippen LogP contribution is -2.13. The molecule has 0 saturated carbocycles. The predicted molar refractivity (Wildman–Crippen MR) is 65.5 cm³/mol. The van der Waals surface area contributed by atoms with Crippen LogP contribution in [0.25, 0.3) is 10.9 Å². The summed E-state index contributed by atoms with van der Waals surface area (Å²) in [6.07, 6.45) is 4.19. The molecule has 0 aliphatic rings. The number of H-pyrrole nitrogens is 2. The van der Waals surface area contributed by atoms with Crippen LogP contribution in [0.5, 0.6) is 0 Å². The van der Waals surface area contributed by atoms with Gasteiger partial charge in [-0.3, -0.25) is 9.82 Å². The van der Waals surface area contributed by atoms with Gasteiger partial charge in [0, 0.05) is 11.1 Å². The Balaban J connectivity index is 1.97. The lowest BCUT2D eigenvalue weighted by molar-refractivity contribution is 0.598. The molecule has 7 nitrogen and oxygen atoms in total. The maximum absolute atomic E-state index is 11.9. The predicted octanol–water partition coefficient (Wildman–Crippen LogP) is 1.09. The Morgan fingerprint density at radius 3 is 2.89 bits per heavy atom. The minimum absolute atomic E-state index is 0.0230. The van der Waals surface area contributed by atoms with E-state index in [0.29, 0.717) is 5.69 Å². The number of sulfonamides is 1. The van der Waals surface area contributed by atoms with Crippen molar-refractivity contribution in [3.05, 3.63) is 36.9 Å². The summed E-state index contributed by atoms with van der Waals surface area (Å²) in [6, 6.07) is 5.12. The van der Waals surface area contributed by atoms with Crippen molar-refractivity contribution in [3.63, 3.8) is 0 Å². The highest BCUT2D eigenvalue weighted by molar-refractivity contribution is 7.92. The maximum Gasteiger partial charge on any atom is 0.278 e. The van der Waals surface area contributed by atoms with E-state index in [2.05, 4.69) is 24.9 Å². The Hall–Kier alpha value is -2.35. The number of nitrogens with one attached hydrogen (secondary N) is 3. The molecule has 1 aromatic carbocycles. The molecule has 18 heavy (non-hydrogen) atoms. The molecule has 0 radical (unpaired) electrons. The SMILES string of the molecule is O=S(=O)(Nc1ccc2[nH]ncc2c1)c1cnc[nH]1. The smallest absolute Gasteiger partial charge is 0.278 e. The van der Waals surface area contributed by atoms with Crippen molar-refractivity contribution in [3.8, 4) is 0 Å². The van der Waals surface area contributed by atoms with Gasteiger partial charge in [0.1, 0.15) is 0 Å². The molecule has 92 valence electrons. The van der Waals surface area contributed by atoms with E-state index >= 15 is 0 Å². The zero-order chi connectivity index (χ0) is 12.6. The molecule has 0 aliphatic heterocycles. The molecule has 0 unspecified atom stereocenters. The number of fused-ring (bicyclic) bond motifs is 1. The summed E-state index contributed by atoms with van der Waals surface area (Å²) in [5.74, 6) is 0. The fourth-order valence-corrected chi connectivity index (χ4v) is 2.56. The van der Waals surface area contributed by atoms with Crippen LogP contribution >= 0.6 is 0 Å². The molecule has 0 spiro atoms. The third-order valence-electron chi connectivity index (χ3n) is 2.46. The molecule has 3 aromatic rings. The molecule has 0 bridgehead atoms. The monoisotopic (exact) mass is 263 g/mol. The Bertz CT molecular complexity index is 776. The van der Waals surface area contributed by atoms with Gasteiger partial charge in [0.05, 0.1) is 24.2 Å². The molecular formula is C10H9N5O2S. The zero-order valence-electron chi connectivity index (χ0n) is 9.08. The number of aromatic nitrogens is 4. The van der Waals surface area contributed by atoms with Crippen LogP contribution in [0.1, 0.15) is 0 Å². The Kier molecular flexibility index (Phi) is 2.30. The summed E-state index contributed by atoms with van der Waals surface area (Å²) < 4.78 is 26.3. The van der Waals surface area contributed by atoms with Gasteiger partial charge in [-0.15, -0.1) is 0 Å². The van der Waals surface area contributed by atoms with Crippen LogP contribution in [0.2, 0.25) is 0 Å². The number of nitrogens with zero attached hydrogens (tertiary/aromatic N) is 2. The Morgan fingerprint density at radius 2 is 2.11 bits per heavy atom. The second-order valence-corrected chi connectivity index (χ2v) is 5.34. The number of anilines is 1. The molecule has 0 saturated heterocycles. The summed E-state index contributed by atoms with van der Waals surface area (Å²) in [4.78, 5) is 6.23.